The van der Waals surface area contributed by atoms with E-state index in [4.69, 9.17) is 0 Å². The number of hydrogen-bond donors (Lipinski definition) is 0. The van der Waals surface area contributed by atoms with Crippen molar-refractivity contribution in [3.8, 4) is 0 Å². The molecule has 2 aromatic rings. The molecule has 4 rings (SSSR count). The van der Waals surface area contributed by atoms with E-state index < -0.39 is 0 Å². The number of likely N-dealkylation sites (tertiary alicyclic amines) is 1. The van der Waals surface area contributed by atoms with E-state index in [0.29, 0.717) is 25.1 Å². The van der Waals surface area contributed by atoms with Gasteiger partial charge in [-0.3, -0.25) is 9.59 Å². The van der Waals surface area contributed by atoms with Crippen molar-refractivity contribution in [3.05, 3.63) is 63.3 Å². The van der Waals surface area contributed by atoms with E-state index in [9.17, 15) is 14.0 Å². The van der Waals surface area contributed by atoms with Crippen LogP contribution < -0.4 is 5.56 Å². The zero-order valence-electron chi connectivity index (χ0n) is 16.8. The molecule has 0 radical (unpaired) electrons. The first-order chi connectivity index (χ1) is 14.1. The summed E-state index contributed by atoms with van der Waals surface area (Å²) in [5, 5.41) is 4.65. The molecule has 5 nitrogen and oxygen atoms in total. The molecule has 0 bridgehead atoms. The average Bonchev–Trinajstić information content (AvgIpc) is 2.97. The molecule has 1 aliphatic heterocycles. The fourth-order valence-electron chi connectivity index (χ4n) is 4.54. The maximum absolute atomic E-state index is 13.2. The third-order valence-corrected chi connectivity index (χ3v) is 6.18. The predicted octanol–water partition coefficient (Wildman–Crippen LogP) is 3.74. The average molecular weight is 397 g/mol. The second kappa shape index (κ2) is 8.89. The van der Waals surface area contributed by atoms with Crippen LogP contribution in [-0.2, 0) is 19.4 Å². The van der Waals surface area contributed by atoms with Gasteiger partial charge in [0.2, 0.25) is 0 Å². The summed E-state index contributed by atoms with van der Waals surface area (Å²) in [5.41, 5.74) is 2.64. The van der Waals surface area contributed by atoms with Crippen molar-refractivity contribution >= 4 is 5.91 Å². The van der Waals surface area contributed by atoms with Gasteiger partial charge in [0.15, 0.2) is 0 Å². The van der Waals surface area contributed by atoms with Crippen molar-refractivity contribution in [2.45, 2.75) is 70.4 Å². The summed E-state index contributed by atoms with van der Waals surface area (Å²) in [6.45, 7) is 1.22. The van der Waals surface area contributed by atoms with Crippen LogP contribution in [0, 0.1) is 5.82 Å². The highest BCUT2D eigenvalue weighted by atomic mass is 19.1. The Morgan fingerprint density at radius 3 is 2.69 bits per heavy atom. The highest BCUT2D eigenvalue weighted by Gasteiger charge is 2.27. The summed E-state index contributed by atoms with van der Waals surface area (Å²) in [6, 6.07) is 7.57. The first-order valence-corrected chi connectivity index (χ1v) is 10.8. The fourth-order valence-corrected chi connectivity index (χ4v) is 4.54. The smallest absolute Gasteiger partial charge is 0.267 e. The lowest BCUT2D eigenvalue weighted by atomic mass is 9.98. The Morgan fingerprint density at radius 1 is 1.07 bits per heavy atom. The first-order valence-electron chi connectivity index (χ1n) is 10.8. The van der Waals surface area contributed by atoms with Crippen molar-refractivity contribution in [1.82, 2.24) is 14.7 Å². The number of fused-ring (bicyclic) bond motifs is 1. The van der Waals surface area contributed by atoms with E-state index in [2.05, 4.69) is 5.10 Å². The molecule has 29 heavy (non-hydrogen) atoms. The predicted molar refractivity (Wildman–Crippen MR) is 109 cm³/mol. The lowest BCUT2D eigenvalue weighted by Gasteiger charge is -2.36. The molecule has 1 amide bonds. The summed E-state index contributed by atoms with van der Waals surface area (Å²) in [5.74, 6) is -0.401. The molecule has 0 N–H and O–H groups in total. The summed E-state index contributed by atoms with van der Waals surface area (Å²) in [6.07, 6.45) is 9.00. The third-order valence-electron chi connectivity index (χ3n) is 6.18. The number of nitrogens with zero attached hydrogens (tertiary/aromatic N) is 3. The summed E-state index contributed by atoms with van der Waals surface area (Å²) < 4.78 is 14.8. The third kappa shape index (κ3) is 4.57. The van der Waals surface area contributed by atoms with Gasteiger partial charge in [-0.1, -0.05) is 6.42 Å². The highest BCUT2D eigenvalue weighted by molar-refractivity contribution is 5.94. The van der Waals surface area contributed by atoms with E-state index in [1.807, 2.05) is 4.90 Å². The molecule has 1 saturated heterocycles. The van der Waals surface area contributed by atoms with E-state index >= 15 is 0 Å². The van der Waals surface area contributed by atoms with Gasteiger partial charge in [0.05, 0.1) is 5.69 Å². The van der Waals surface area contributed by atoms with Gasteiger partial charge in [-0.25, -0.2) is 9.07 Å². The topological polar surface area (TPSA) is 55.2 Å². The Bertz CT molecular complexity index is 923. The van der Waals surface area contributed by atoms with E-state index in [1.165, 1.54) is 18.6 Å². The fraction of sp³-hybridized carbons (Fsp3) is 0.522. The second-order valence-electron chi connectivity index (χ2n) is 8.18. The lowest BCUT2D eigenvalue weighted by molar-refractivity contribution is 0.0593. The molecule has 154 valence electrons. The van der Waals surface area contributed by atoms with E-state index in [1.54, 1.807) is 22.9 Å². The first kappa shape index (κ1) is 19.8. The number of aryl methyl sites for hydroxylation is 3. The molecular weight excluding hydrogens is 369 g/mol. The number of aromatic nitrogens is 2. The molecule has 0 spiro atoms. The van der Waals surface area contributed by atoms with Crippen molar-refractivity contribution in [2.24, 2.45) is 0 Å². The van der Waals surface area contributed by atoms with Crippen LogP contribution in [0.3, 0.4) is 0 Å². The van der Waals surface area contributed by atoms with E-state index in [-0.39, 0.29) is 23.3 Å². The lowest BCUT2D eigenvalue weighted by Crippen LogP contribution is -2.44. The monoisotopic (exact) mass is 397 g/mol. The van der Waals surface area contributed by atoms with Crippen LogP contribution in [0.1, 0.15) is 66.6 Å². The second-order valence-corrected chi connectivity index (χ2v) is 8.18. The highest BCUT2D eigenvalue weighted by Crippen LogP contribution is 2.23. The molecule has 1 fully saturated rings. The van der Waals surface area contributed by atoms with E-state index in [0.717, 1.165) is 56.2 Å². The van der Waals surface area contributed by atoms with Gasteiger partial charge in [0, 0.05) is 30.8 Å². The van der Waals surface area contributed by atoms with Crippen LogP contribution in [0.15, 0.2) is 35.1 Å². The standard InChI is InChI=1S/C23H28FN3O2/c24-19-11-9-17(10-12-19)23(29)26-14-5-4-7-20(26)13-15-27-22(28)16-18-6-2-1-3-8-21(18)25-27/h9-12,16,20H,1-8,13-15H2/t20-/m1/s1. The minimum atomic E-state index is -0.342. The quantitative estimate of drug-likeness (QED) is 0.739. The minimum Gasteiger partial charge on any atom is -0.336 e. The van der Waals surface area contributed by atoms with Crippen LogP contribution in [0.25, 0.3) is 0 Å². The van der Waals surface area contributed by atoms with Gasteiger partial charge in [-0.05, 0) is 81.2 Å². The molecule has 1 atom stereocenters. The van der Waals surface area contributed by atoms with Crippen LogP contribution in [0.2, 0.25) is 0 Å². The number of halogens is 1. The van der Waals surface area contributed by atoms with Gasteiger partial charge in [0.1, 0.15) is 5.82 Å². The molecule has 1 aromatic carbocycles. The largest absolute Gasteiger partial charge is 0.336 e. The van der Waals surface area contributed by atoms with Gasteiger partial charge >= 0.3 is 0 Å². The molecular formula is C23H28FN3O2. The van der Waals surface area contributed by atoms with Crippen LogP contribution in [0.4, 0.5) is 4.39 Å². The zero-order valence-corrected chi connectivity index (χ0v) is 16.8. The molecule has 1 aromatic heterocycles. The Morgan fingerprint density at radius 2 is 1.86 bits per heavy atom. The summed E-state index contributed by atoms with van der Waals surface area (Å²) >= 11 is 0. The maximum atomic E-state index is 13.2. The zero-order chi connectivity index (χ0) is 20.2. The SMILES string of the molecule is O=C(c1ccc(F)cc1)N1CCCC[C@@H]1CCn1nc2c(cc1=O)CCCCC2. The Balaban J connectivity index is 1.47. The minimum absolute atomic E-state index is 0.0436. The normalized spacial score (nSPS) is 19.5. The molecule has 0 saturated carbocycles. The van der Waals surface area contributed by atoms with Gasteiger partial charge in [-0.15, -0.1) is 0 Å². The number of hydrogen-bond acceptors (Lipinski definition) is 3. The maximum Gasteiger partial charge on any atom is 0.267 e. The number of carbonyl (C=O) groups excluding carboxylic acids is 1. The summed E-state index contributed by atoms with van der Waals surface area (Å²) in [7, 11) is 0. The van der Waals surface area contributed by atoms with Crippen LogP contribution in [0.5, 0.6) is 0 Å². The van der Waals surface area contributed by atoms with Gasteiger partial charge in [0.25, 0.3) is 11.5 Å². The Labute approximate surface area is 170 Å². The number of rotatable bonds is 4. The van der Waals surface area contributed by atoms with Crippen molar-refractivity contribution in [2.75, 3.05) is 6.54 Å². The van der Waals surface area contributed by atoms with Crippen molar-refractivity contribution in [1.29, 1.82) is 0 Å². The van der Waals surface area contributed by atoms with Gasteiger partial charge < -0.3 is 4.90 Å². The number of piperidine rings is 1. The Hall–Kier alpha value is -2.50. The number of benzene rings is 1. The number of carbonyl (C=O) groups is 1. The number of amides is 1. The summed E-state index contributed by atoms with van der Waals surface area (Å²) in [4.78, 5) is 27.4. The molecule has 1 aliphatic carbocycles. The van der Waals surface area contributed by atoms with Gasteiger partial charge in [-0.2, -0.15) is 5.10 Å². The van der Waals surface area contributed by atoms with Crippen LogP contribution >= 0.6 is 0 Å². The van der Waals surface area contributed by atoms with Crippen LogP contribution in [-0.4, -0.2) is 33.2 Å². The molecule has 2 aliphatic rings. The Kier molecular flexibility index (Phi) is 6.07. The molecule has 6 heteroatoms. The molecule has 2 heterocycles. The molecule has 0 unspecified atom stereocenters. The van der Waals surface area contributed by atoms with Crippen molar-refractivity contribution in [3.63, 3.8) is 0 Å². The van der Waals surface area contributed by atoms with Crippen molar-refractivity contribution < 1.29 is 9.18 Å².